The van der Waals surface area contributed by atoms with Crippen molar-refractivity contribution >= 4 is 45.4 Å². The van der Waals surface area contributed by atoms with E-state index in [9.17, 15) is 24.3 Å². The molecular formula is C34H43N7O7S. The van der Waals surface area contributed by atoms with Crippen molar-refractivity contribution in [1.82, 2.24) is 35.3 Å². The Balaban J connectivity index is 1.32. The standard InChI is InChI=1S/C34H43N7O7S/c1-19-15-24(40(5)39-19)27-35-22-13-14-49-26(22)29(37-27)47-21-16-25-28(42)38-34(31(44)45)17-20(34)11-9-7-6-8-10-12-23(30(43)41(25)18-21)36-32(46)48-33(2,3)4/h9,11,13-15,20-21,23,25H,6-8,10,12,16-18H2,1-5H3,(H,36,46)(H,38,42)(H,44,45)/b11-9-/t20-,21+,23-,25-,34+/m0/s1. The van der Waals surface area contributed by atoms with Crippen LogP contribution in [0.25, 0.3) is 21.7 Å². The maximum absolute atomic E-state index is 14.3. The number of aryl methyl sites for hydroxylation is 2. The summed E-state index contributed by atoms with van der Waals surface area (Å²) in [6.07, 6.45) is 6.16. The van der Waals surface area contributed by atoms with Gasteiger partial charge in [-0.15, -0.1) is 11.3 Å². The van der Waals surface area contributed by atoms with Crippen LogP contribution in [0.15, 0.2) is 29.7 Å². The van der Waals surface area contributed by atoms with E-state index in [-0.39, 0.29) is 25.3 Å². The van der Waals surface area contributed by atoms with Gasteiger partial charge in [0.1, 0.15) is 39.7 Å². The molecular weight excluding hydrogens is 650 g/mol. The van der Waals surface area contributed by atoms with Gasteiger partial charge in [0, 0.05) is 19.4 Å². The molecule has 0 bridgehead atoms. The summed E-state index contributed by atoms with van der Waals surface area (Å²) in [5, 5.41) is 22.0. The number of carbonyl (C=O) groups is 4. The van der Waals surface area contributed by atoms with Crippen molar-refractivity contribution in [2.75, 3.05) is 6.54 Å². The fraction of sp³-hybridized carbons (Fsp3) is 0.559. The lowest BCUT2D eigenvalue weighted by atomic mass is 10.0. The van der Waals surface area contributed by atoms with Gasteiger partial charge in [-0.1, -0.05) is 25.0 Å². The molecule has 3 aromatic rings. The first-order chi connectivity index (χ1) is 23.2. The molecule has 5 atom stereocenters. The van der Waals surface area contributed by atoms with E-state index < -0.39 is 53.2 Å². The molecule has 0 spiro atoms. The minimum absolute atomic E-state index is 0.0177. The summed E-state index contributed by atoms with van der Waals surface area (Å²) in [5.74, 6) is -1.78. The van der Waals surface area contributed by atoms with Crippen LogP contribution in [-0.4, -0.2) is 89.5 Å². The molecule has 262 valence electrons. The Kier molecular flexibility index (Phi) is 9.40. The van der Waals surface area contributed by atoms with Gasteiger partial charge in [-0.05, 0) is 70.9 Å². The highest BCUT2D eigenvalue weighted by Gasteiger charge is 2.61. The van der Waals surface area contributed by atoms with Crippen LogP contribution >= 0.6 is 11.3 Å². The number of alkyl carbamates (subject to hydrolysis) is 1. The molecule has 15 heteroatoms. The predicted molar refractivity (Wildman–Crippen MR) is 181 cm³/mol. The van der Waals surface area contributed by atoms with Crippen molar-refractivity contribution in [3.05, 3.63) is 35.4 Å². The first-order valence-electron chi connectivity index (χ1n) is 16.7. The third-order valence-corrected chi connectivity index (χ3v) is 9.99. The molecule has 3 N–H and O–H groups in total. The summed E-state index contributed by atoms with van der Waals surface area (Å²) < 4.78 is 14.4. The van der Waals surface area contributed by atoms with E-state index in [1.807, 2.05) is 43.6 Å². The maximum atomic E-state index is 14.3. The number of nitrogens with zero attached hydrogens (tertiary/aromatic N) is 5. The molecule has 5 heterocycles. The lowest BCUT2D eigenvalue weighted by molar-refractivity contribution is -0.145. The molecule has 0 aromatic carbocycles. The second kappa shape index (κ2) is 13.4. The molecule has 3 aromatic heterocycles. The normalized spacial score (nSPS) is 26.9. The van der Waals surface area contributed by atoms with E-state index in [2.05, 4.69) is 15.7 Å². The number of ether oxygens (including phenoxy) is 2. The molecule has 14 nitrogen and oxygen atoms in total. The molecule has 2 fully saturated rings. The molecule has 3 aliphatic rings. The fourth-order valence-electron chi connectivity index (χ4n) is 6.61. The number of allylic oxidation sites excluding steroid dienone is 1. The number of hydrogen-bond donors (Lipinski definition) is 3. The van der Waals surface area contributed by atoms with Gasteiger partial charge in [0.05, 0.1) is 17.8 Å². The van der Waals surface area contributed by atoms with E-state index >= 15 is 0 Å². The van der Waals surface area contributed by atoms with Crippen LogP contribution in [0.4, 0.5) is 4.79 Å². The van der Waals surface area contributed by atoms with Crippen LogP contribution in [0.3, 0.4) is 0 Å². The Labute approximate surface area is 288 Å². The second-order valence-corrected chi connectivity index (χ2v) is 15.0. The van der Waals surface area contributed by atoms with Gasteiger partial charge >= 0.3 is 12.1 Å². The van der Waals surface area contributed by atoms with E-state index in [0.717, 1.165) is 25.0 Å². The average molecular weight is 694 g/mol. The average Bonchev–Trinajstić information content (AvgIpc) is 3.34. The second-order valence-electron chi connectivity index (χ2n) is 14.1. The molecule has 1 saturated heterocycles. The first-order valence-corrected chi connectivity index (χ1v) is 17.6. The van der Waals surface area contributed by atoms with E-state index in [0.29, 0.717) is 40.5 Å². The maximum Gasteiger partial charge on any atom is 0.408 e. The van der Waals surface area contributed by atoms with Gasteiger partial charge < -0.3 is 30.1 Å². The summed E-state index contributed by atoms with van der Waals surface area (Å²) in [5.41, 5.74) is -0.0317. The zero-order chi connectivity index (χ0) is 35.1. The van der Waals surface area contributed by atoms with Crippen molar-refractivity contribution in [2.45, 2.75) is 102 Å². The zero-order valence-corrected chi connectivity index (χ0v) is 29.2. The number of carbonyl (C=O) groups excluding carboxylic acids is 3. The molecule has 1 aliphatic carbocycles. The van der Waals surface area contributed by atoms with E-state index in [4.69, 9.17) is 19.4 Å². The van der Waals surface area contributed by atoms with Gasteiger partial charge in [0.25, 0.3) is 0 Å². The quantitative estimate of drug-likeness (QED) is 0.330. The van der Waals surface area contributed by atoms with Crippen molar-refractivity contribution in [3.8, 4) is 17.4 Å². The van der Waals surface area contributed by atoms with Gasteiger partial charge in [-0.3, -0.25) is 14.3 Å². The van der Waals surface area contributed by atoms with Gasteiger partial charge in [0.2, 0.25) is 17.7 Å². The Hall–Kier alpha value is -4.53. The number of carboxylic acids is 1. The minimum atomic E-state index is -1.44. The minimum Gasteiger partial charge on any atom is -0.479 e. The number of rotatable bonds is 5. The van der Waals surface area contributed by atoms with Crippen LogP contribution in [0.2, 0.25) is 0 Å². The molecule has 0 unspecified atom stereocenters. The van der Waals surface area contributed by atoms with Crippen molar-refractivity contribution in [1.29, 1.82) is 0 Å². The number of hydrogen-bond acceptors (Lipinski definition) is 10. The molecule has 6 rings (SSSR count). The summed E-state index contributed by atoms with van der Waals surface area (Å²) >= 11 is 1.41. The monoisotopic (exact) mass is 693 g/mol. The predicted octanol–water partition coefficient (Wildman–Crippen LogP) is 4.12. The lowest BCUT2D eigenvalue weighted by Crippen LogP contribution is -2.56. The third kappa shape index (κ3) is 7.41. The summed E-state index contributed by atoms with van der Waals surface area (Å²) in [4.78, 5) is 64.5. The summed E-state index contributed by atoms with van der Waals surface area (Å²) in [7, 11) is 1.81. The SMILES string of the molecule is Cc1cc(-c2nc(O[C@@H]3C[C@H]4C(=O)N[C@]5(C(=O)O)C[C@@H]5/C=C\CCCCC[C@H](NC(=O)OC(C)(C)C)C(=O)N4C3)c3sccc3n2)n(C)n1. The van der Waals surface area contributed by atoms with Gasteiger partial charge in [-0.2, -0.15) is 10.1 Å². The van der Waals surface area contributed by atoms with Crippen LogP contribution in [-0.2, 0) is 26.2 Å². The highest BCUT2D eigenvalue weighted by molar-refractivity contribution is 7.17. The molecule has 1 saturated carbocycles. The van der Waals surface area contributed by atoms with Crippen molar-refractivity contribution in [2.24, 2.45) is 13.0 Å². The highest BCUT2D eigenvalue weighted by Crippen LogP contribution is 2.45. The summed E-state index contributed by atoms with van der Waals surface area (Å²) in [6.45, 7) is 7.12. The van der Waals surface area contributed by atoms with Gasteiger partial charge in [0.15, 0.2) is 5.82 Å². The van der Waals surface area contributed by atoms with E-state index in [1.165, 1.54) is 16.2 Å². The molecule has 0 radical (unpaired) electrons. The Morgan fingerprint density at radius 2 is 1.98 bits per heavy atom. The summed E-state index contributed by atoms with van der Waals surface area (Å²) in [6, 6.07) is 1.74. The molecule has 49 heavy (non-hydrogen) atoms. The van der Waals surface area contributed by atoms with E-state index in [1.54, 1.807) is 25.5 Å². The number of thiophene rings is 1. The number of amides is 3. The number of fused-ring (bicyclic) bond motifs is 3. The highest BCUT2D eigenvalue weighted by atomic mass is 32.1. The largest absolute Gasteiger partial charge is 0.479 e. The number of nitrogens with one attached hydrogen (secondary N) is 2. The molecule has 2 aliphatic heterocycles. The van der Waals surface area contributed by atoms with Crippen LogP contribution in [0, 0.1) is 12.8 Å². The smallest absolute Gasteiger partial charge is 0.408 e. The van der Waals surface area contributed by atoms with Gasteiger partial charge in [-0.25, -0.2) is 14.6 Å². The number of aliphatic carboxylic acids is 1. The Bertz CT molecular complexity index is 1800. The molecule has 3 amide bonds. The topological polar surface area (TPSA) is 178 Å². The Morgan fingerprint density at radius 3 is 2.69 bits per heavy atom. The fourth-order valence-corrected chi connectivity index (χ4v) is 7.37. The number of carboxylic acid groups (broad SMARTS) is 1. The van der Waals surface area contributed by atoms with Crippen LogP contribution < -0.4 is 15.4 Å². The van der Waals surface area contributed by atoms with Crippen molar-refractivity contribution in [3.63, 3.8) is 0 Å². The van der Waals surface area contributed by atoms with Crippen molar-refractivity contribution < 1.29 is 33.8 Å². The van der Waals surface area contributed by atoms with Crippen LogP contribution in [0.5, 0.6) is 5.88 Å². The number of aromatic nitrogens is 4. The van der Waals surface area contributed by atoms with Crippen LogP contribution in [0.1, 0.15) is 71.4 Å². The third-order valence-electron chi connectivity index (χ3n) is 9.09. The lowest BCUT2D eigenvalue weighted by Gasteiger charge is -2.30. The zero-order valence-electron chi connectivity index (χ0n) is 28.4. The first kappa shape index (κ1) is 34.3. The Morgan fingerprint density at radius 1 is 1.18 bits per heavy atom.